The van der Waals surface area contributed by atoms with Crippen LogP contribution in [0.2, 0.25) is 0 Å². The Morgan fingerprint density at radius 3 is 2.22 bits per heavy atom. The van der Waals surface area contributed by atoms with Crippen molar-refractivity contribution >= 4 is 52.2 Å². The summed E-state index contributed by atoms with van der Waals surface area (Å²) in [5.74, 6) is 6.76. The maximum atomic E-state index is 3.38. The van der Waals surface area contributed by atoms with E-state index in [0.717, 1.165) is 12.0 Å². The fraction of sp³-hybridized carbons (Fsp3) is 0.360. The lowest BCUT2D eigenvalue weighted by Gasteiger charge is -1.96. The molecule has 0 aliphatic rings. The summed E-state index contributed by atoms with van der Waals surface area (Å²) >= 11 is 3.84. The number of rotatable bonds is 6. The van der Waals surface area contributed by atoms with Crippen molar-refractivity contribution in [1.82, 2.24) is 0 Å². The van der Waals surface area contributed by atoms with Gasteiger partial charge >= 0.3 is 0 Å². The zero-order valence-electron chi connectivity index (χ0n) is 16.2. The van der Waals surface area contributed by atoms with Gasteiger partial charge in [-0.15, -0.1) is 22.7 Å². The van der Waals surface area contributed by atoms with Crippen LogP contribution in [0.5, 0.6) is 0 Å². The quantitative estimate of drug-likeness (QED) is 0.228. The van der Waals surface area contributed by atoms with E-state index in [4.69, 9.17) is 0 Å². The predicted octanol–water partition coefficient (Wildman–Crippen LogP) is 8.68. The van der Waals surface area contributed by atoms with Crippen molar-refractivity contribution in [2.24, 2.45) is 0 Å². The van der Waals surface area contributed by atoms with Gasteiger partial charge in [-0.1, -0.05) is 69.1 Å². The largest absolute Gasteiger partial charge is 0.134 e. The average molecular weight is 391 g/mol. The van der Waals surface area contributed by atoms with Crippen molar-refractivity contribution in [3.63, 3.8) is 0 Å². The minimum atomic E-state index is 1.02. The first-order chi connectivity index (χ1) is 13.3. The zero-order valence-corrected chi connectivity index (χ0v) is 17.9. The molecule has 2 aromatic carbocycles. The molecule has 0 nitrogen and oxygen atoms in total. The second-order valence-electron chi connectivity index (χ2n) is 7.39. The van der Waals surface area contributed by atoms with Crippen LogP contribution in [0.1, 0.15) is 63.0 Å². The number of unbranched alkanes of at least 4 members (excludes halogenated alkanes) is 6. The number of thiophene rings is 2. The van der Waals surface area contributed by atoms with E-state index in [9.17, 15) is 0 Å². The molecule has 2 aromatic heterocycles. The van der Waals surface area contributed by atoms with E-state index in [1.165, 1.54) is 73.7 Å². The number of hydrogen-bond acceptors (Lipinski definition) is 2. The molecule has 4 rings (SSSR count). The van der Waals surface area contributed by atoms with Crippen LogP contribution in [0.4, 0.5) is 0 Å². The van der Waals surface area contributed by atoms with Crippen molar-refractivity contribution in [1.29, 1.82) is 0 Å². The van der Waals surface area contributed by atoms with Gasteiger partial charge in [-0.05, 0) is 37.1 Å². The SMILES string of the molecule is CCCCCCCCC#Cc1ccc2c(c1)sc1c3ccc(C)cc3sc21. The van der Waals surface area contributed by atoms with Gasteiger partial charge in [0.2, 0.25) is 0 Å². The van der Waals surface area contributed by atoms with Crippen LogP contribution in [0.15, 0.2) is 36.4 Å². The van der Waals surface area contributed by atoms with Gasteiger partial charge in [-0.25, -0.2) is 0 Å². The van der Waals surface area contributed by atoms with E-state index < -0.39 is 0 Å². The first kappa shape index (κ1) is 18.5. The number of aryl methyl sites for hydroxylation is 1. The van der Waals surface area contributed by atoms with Gasteiger partial charge in [0.05, 0.1) is 9.40 Å². The average Bonchev–Trinajstić information content (AvgIpc) is 3.18. The molecule has 0 spiro atoms. The maximum absolute atomic E-state index is 3.38. The third-order valence-electron chi connectivity index (χ3n) is 5.13. The molecule has 138 valence electrons. The maximum Gasteiger partial charge on any atom is 0.0542 e. The van der Waals surface area contributed by atoms with Crippen molar-refractivity contribution in [3.8, 4) is 11.8 Å². The van der Waals surface area contributed by atoms with Crippen LogP contribution in [0.25, 0.3) is 29.6 Å². The highest BCUT2D eigenvalue weighted by molar-refractivity contribution is 7.36. The Labute approximate surface area is 170 Å². The van der Waals surface area contributed by atoms with Gasteiger partial charge in [0.1, 0.15) is 0 Å². The van der Waals surface area contributed by atoms with Crippen LogP contribution in [-0.2, 0) is 0 Å². The first-order valence-corrected chi connectivity index (χ1v) is 11.7. The van der Waals surface area contributed by atoms with Crippen LogP contribution in [-0.4, -0.2) is 0 Å². The summed E-state index contributed by atoms with van der Waals surface area (Å²) in [5.41, 5.74) is 2.49. The topological polar surface area (TPSA) is 0 Å². The Morgan fingerprint density at radius 1 is 0.778 bits per heavy atom. The van der Waals surface area contributed by atoms with Crippen LogP contribution in [0, 0.1) is 18.8 Å². The second kappa shape index (κ2) is 8.46. The summed E-state index contributed by atoms with van der Waals surface area (Å²) in [5, 5.41) is 2.79. The highest BCUT2D eigenvalue weighted by Gasteiger charge is 2.12. The Hall–Kier alpha value is -1.82. The summed E-state index contributed by atoms with van der Waals surface area (Å²) < 4.78 is 5.63. The molecule has 27 heavy (non-hydrogen) atoms. The van der Waals surface area contributed by atoms with Crippen molar-refractivity contribution in [2.45, 2.75) is 58.8 Å². The van der Waals surface area contributed by atoms with Crippen LogP contribution in [0.3, 0.4) is 0 Å². The third kappa shape index (κ3) is 4.05. The second-order valence-corrected chi connectivity index (χ2v) is 9.50. The van der Waals surface area contributed by atoms with Crippen molar-refractivity contribution in [2.75, 3.05) is 0 Å². The molecular formula is C25H26S2. The molecule has 0 saturated carbocycles. The third-order valence-corrected chi connectivity index (χ3v) is 7.63. The molecule has 0 aliphatic carbocycles. The minimum Gasteiger partial charge on any atom is -0.134 e. The molecular weight excluding hydrogens is 364 g/mol. The van der Waals surface area contributed by atoms with E-state index in [2.05, 4.69) is 62.1 Å². The lowest BCUT2D eigenvalue weighted by Crippen LogP contribution is -1.78. The summed E-state index contributed by atoms with van der Waals surface area (Å²) in [6.45, 7) is 4.43. The monoisotopic (exact) mass is 390 g/mol. The first-order valence-electron chi connectivity index (χ1n) is 10.1. The normalized spacial score (nSPS) is 11.3. The van der Waals surface area contributed by atoms with Gasteiger partial charge in [0.15, 0.2) is 0 Å². The highest BCUT2D eigenvalue weighted by atomic mass is 32.1. The van der Waals surface area contributed by atoms with E-state index in [-0.39, 0.29) is 0 Å². The van der Waals surface area contributed by atoms with Crippen LogP contribution < -0.4 is 0 Å². The smallest absolute Gasteiger partial charge is 0.0542 e. The molecule has 0 radical (unpaired) electrons. The van der Waals surface area contributed by atoms with E-state index >= 15 is 0 Å². The van der Waals surface area contributed by atoms with Gasteiger partial charge in [-0.3, -0.25) is 0 Å². The molecule has 0 fully saturated rings. The molecule has 0 saturated heterocycles. The van der Waals surface area contributed by atoms with Gasteiger partial charge in [0.25, 0.3) is 0 Å². The van der Waals surface area contributed by atoms with Crippen molar-refractivity contribution in [3.05, 3.63) is 47.5 Å². The highest BCUT2D eigenvalue weighted by Crippen LogP contribution is 2.44. The van der Waals surface area contributed by atoms with Gasteiger partial charge in [-0.2, -0.15) is 0 Å². The number of fused-ring (bicyclic) bond motifs is 5. The predicted molar refractivity (Wildman–Crippen MR) is 124 cm³/mol. The molecule has 0 N–H and O–H groups in total. The summed E-state index contributed by atoms with van der Waals surface area (Å²) in [7, 11) is 0. The standard InChI is InChI=1S/C25H26S2/c1-3-4-5-6-7-8-9-10-11-19-13-15-21-23(17-19)27-24-20-14-12-18(2)16-22(20)26-25(21)24/h12-17H,3-9H2,1-2H3. The van der Waals surface area contributed by atoms with E-state index in [1.807, 2.05) is 22.7 Å². The van der Waals surface area contributed by atoms with Gasteiger partial charge < -0.3 is 0 Å². The zero-order chi connectivity index (χ0) is 18.6. The van der Waals surface area contributed by atoms with Crippen molar-refractivity contribution < 1.29 is 0 Å². The molecule has 0 amide bonds. The fourth-order valence-corrected chi connectivity index (χ4v) is 6.39. The van der Waals surface area contributed by atoms with E-state index in [1.54, 1.807) is 0 Å². The van der Waals surface area contributed by atoms with Gasteiger partial charge in [0, 0.05) is 32.2 Å². The Morgan fingerprint density at radius 2 is 1.44 bits per heavy atom. The molecule has 4 aromatic rings. The molecule has 0 aliphatic heterocycles. The molecule has 2 heteroatoms. The Kier molecular flexibility index (Phi) is 5.81. The number of hydrogen-bond donors (Lipinski definition) is 0. The molecule has 0 unspecified atom stereocenters. The van der Waals surface area contributed by atoms with Crippen LogP contribution >= 0.6 is 22.7 Å². The number of benzene rings is 2. The molecule has 0 atom stereocenters. The lowest BCUT2D eigenvalue weighted by atomic mass is 10.1. The molecule has 2 heterocycles. The fourth-order valence-electron chi connectivity index (χ4n) is 3.60. The Bertz CT molecular complexity index is 1130. The lowest BCUT2D eigenvalue weighted by molar-refractivity contribution is 0.614. The molecule has 0 bridgehead atoms. The summed E-state index contributed by atoms with van der Waals surface area (Å²) in [6, 6.07) is 13.5. The summed E-state index contributed by atoms with van der Waals surface area (Å²) in [6.07, 6.45) is 9.01. The Balaban J connectivity index is 1.50. The van der Waals surface area contributed by atoms with E-state index in [0.29, 0.717) is 0 Å². The summed E-state index contributed by atoms with van der Waals surface area (Å²) in [4.78, 5) is 0. The minimum absolute atomic E-state index is 1.02.